The van der Waals surface area contributed by atoms with E-state index in [4.69, 9.17) is 10.5 Å². The summed E-state index contributed by atoms with van der Waals surface area (Å²) >= 11 is 0. The fourth-order valence-corrected chi connectivity index (χ4v) is 0.962. The Balaban J connectivity index is 2.96. The fourth-order valence-electron chi connectivity index (χ4n) is 0.962. The van der Waals surface area contributed by atoms with Crippen LogP contribution in [0.2, 0.25) is 0 Å². The van der Waals surface area contributed by atoms with Crippen LogP contribution in [0.25, 0.3) is 6.08 Å². The van der Waals surface area contributed by atoms with Crippen LogP contribution in [0.15, 0.2) is 30.3 Å². The smallest absolute Gasteiger partial charge is 0.409 e. The van der Waals surface area contributed by atoms with Crippen LogP contribution >= 0.6 is 0 Å². The highest BCUT2D eigenvalue weighted by Gasteiger charge is 2.02. The molecule has 2 N–H and O–H groups in total. The minimum atomic E-state index is -0.878. The Hall–Kier alpha value is -2.10. The lowest BCUT2D eigenvalue weighted by Crippen LogP contribution is -2.16. The summed E-state index contributed by atoms with van der Waals surface area (Å²) < 4.78 is 4.71. The zero-order valence-corrected chi connectivity index (χ0v) is 7.34. The standard InChI is InChI=1S/C10H9NO3/c11-10(13)14-9-6-2-1-4-8(9)5-3-7-12/h1-7H,(H2,11,13). The van der Waals surface area contributed by atoms with E-state index in [1.54, 1.807) is 24.3 Å². The number of primary amides is 1. The third-order valence-electron chi connectivity index (χ3n) is 1.48. The molecular formula is C10H9NO3. The Bertz CT molecular complexity index is 371. The van der Waals surface area contributed by atoms with E-state index in [1.807, 2.05) is 0 Å². The molecule has 4 heteroatoms. The second-order valence-electron chi connectivity index (χ2n) is 2.45. The van der Waals surface area contributed by atoms with Crippen LogP contribution in [-0.2, 0) is 4.79 Å². The SMILES string of the molecule is NC(=O)Oc1ccccc1C=CC=O. The summed E-state index contributed by atoms with van der Waals surface area (Å²) in [4.78, 5) is 20.6. The quantitative estimate of drug-likeness (QED) is 0.579. The molecule has 4 nitrogen and oxygen atoms in total. The molecule has 72 valence electrons. The number of ether oxygens (including phenoxy) is 1. The summed E-state index contributed by atoms with van der Waals surface area (Å²) in [5, 5.41) is 0. The topological polar surface area (TPSA) is 69.4 Å². The van der Waals surface area contributed by atoms with Gasteiger partial charge in [0, 0.05) is 5.56 Å². The van der Waals surface area contributed by atoms with Crippen LogP contribution in [-0.4, -0.2) is 12.4 Å². The molecule has 0 spiro atoms. The molecule has 0 heterocycles. The molecule has 0 saturated heterocycles. The molecule has 0 aromatic heterocycles. The van der Waals surface area contributed by atoms with E-state index in [0.29, 0.717) is 17.6 Å². The van der Waals surface area contributed by atoms with Crippen molar-refractivity contribution in [3.8, 4) is 5.75 Å². The van der Waals surface area contributed by atoms with Crippen LogP contribution in [0, 0.1) is 0 Å². The zero-order chi connectivity index (χ0) is 10.4. The number of hydrogen-bond donors (Lipinski definition) is 1. The van der Waals surface area contributed by atoms with Gasteiger partial charge in [-0.05, 0) is 18.2 Å². The Labute approximate surface area is 81.0 Å². The van der Waals surface area contributed by atoms with Crippen LogP contribution in [0.3, 0.4) is 0 Å². The molecule has 1 amide bonds. The van der Waals surface area contributed by atoms with Gasteiger partial charge in [0.15, 0.2) is 0 Å². The average molecular weight is 191 g/mol. The minimum Gasteiger partial charge on any atom is -0.410 e. The summed E-state index contributed by atoms with van der Waals surface area (Å²) in [6, 6.07) is 6.77. The predicted octanol–water partition coefficient (Wildman–Crippen LogP) is 1.36. The lowest BCUT2D eigenvalue weighted by atomic mass is 10.2. The Kier molecular flexibility index (Phi) is 3.43. The van der Waals surface area contributed by atoms with Gasteiger partial charge in [0.2, 0.25) is 0 Å². The number of benzene rings is 1. The number of allylic oxidation sites excluding steroid dienone is 1. The van der Waals surface area contributed by atoms with E-state index in [-0.39, 0.29) is 0 Å². The number of amides is 1. The van der Waals surface area contributed by atoms with Crippen molar-refractivity contribution in [3.63, 3.8) is 0 Å². The number of para-hydroxylation sites is 1. The van der Waals surface area contributed by atoms with Crippen LogP contribution < -0.4 is 10.5 Å². The Morgan fingerprint density at radius 1 is 1.36 bits per heavy atom. The van der Waals surface area contributed by atoms with Gasteiger partial charge in [0.1, 0.15) is 12.0 Å². The van der Waals surface area contributed by atoms with Crippen molar-refractivity contribution in [1.82, 2.24) is 0 Å². The molecule has 0 saturated carbocycles. The molecule has 0 radical (unpaired) electrons. The highest BCUT2D eigenvalue weighted by atomic mass is 16.5. The third-order valence-corrected chi connectivity index (χ3v) is 1.48. The number of nitrogens with two attached hydrogens (primary N) is 1. The molecule has 0 fully saturated rings. The van der Waals surface area contributed by atoms with Crippen molar-refractivity contribution in [3.05, 3.63) is 35.9 Å². The maximum Gasteiger partial charge on any atom is 0.409 e. The molecule has 0 unspecified atom stereocenters. The van der Waals surface area contributed by atoms with Crippen molar-refractivity contribution < 1.29 is 14.3 Å². The normalized spacial score (nSPS) is 10.0. The van der Waals surface area contributed by atoms with Crippen molar-refractivity contribution in [2.75, 3.05) is 0 Å². The molecule has 1 rings (SSSR count). The van der Waals surface area contributed by atoms with Gasteiger partial charge in [-0.25, -0.2) is 4.79 Å². The van der Waals surface area contributed by atoms with E-state index in [1.165, 1.54) is 12.2 Å². The Morgan fingerprint density at radius 2 is 2.07 bits per heavy atom. The number of rotatable bonds is 3. The van der Waals surface area contributed by atoms with Crippen LogP contribution in [0.4, 0.5) is 4.79 Å². The van der Waals surface area contributed by atoms with Crippen LogP contribution in [0.5, 0.6) is 5.75 Å². The molecule has 0 aliphatic carbocycles. The summed E-state index contributed by atoms with van der Waals surface area (Å²) in [7, 11) is 0. The summed E-state index contributed by atoms with van der Waals surface area (Å²) in [5.41, 5.74) is 5.49. The lowest BCUT2D eigenvalue weighted by Gasteiger charge is -2.03. The molecule has 0 atom stereocenters. The van der Waals surface area contributed by atoms with Crippen LogP contribution in [0.1, 0.15) is 5.56 Å². The third kappa shape index (κ3) is 2.75. The first-order valence-corrected chi connectivity index (χ1v) is 3.92. The number of carbonyl (C=O) groups excluding carboxylic acids is 2. The molecular weight excluding hydrogens is 182 g/mol. The predicted molar refractivity (Wildman–Crippen MR) is 51.8 cm³/mol. The highest BCUT2D eigenvalue weighted by molar-refractivity contribution is 5.77. The van der Waals surface area contributed by atoms with Gasteiger partial charge in [-0.3, -0.25) is 4.79 Å². The second kappa shape index (κ2) is 4.81. The lowest BCUT2D eigenvalue weighted by molar-refractivity contribution is -0.104. The van der Waals surface area contributed by atoms with Gasteiger partial charge < -0.3 is 10.5 Å². The molecule has 0 aliphatic heterocycles. The summed E-state index contributed by atoms with van der Waals surface area (Å²) in [5.74, 6) is 0.332. The summed E-state index contributed by atoms with van der Waals surface area (Å²) in [6.07, 6.45) is 2.60. The molecule has 1 aromatic rings. The van der Waals surface area contributed by atoms with E-state index in [0.717, 1.165) is 0 Å². The van der Waals surface area contributed by atoms with E-state index >= 15 is 0 Å². The second-order valence-corrected chi connectivity index (χ2v) is 2.45. The van der Waals surface area contributed by atoms with Gasteiger partial charge >= 0.3 is 6.09 Å². The first-order chi connectivity index (χ1) is 6.74. The maximum atomic E-state index is 10.5. The average Bonchev–Trinajstić information content (AvgIpc) is 2.16. The van der Waals surface area contributed by atoms with Crippen molar-refractivity contribution >= 4 is 18.5 Å². The Morgan fingerprint density at radius 3 is 2.71 bits per heavy atom. The van der Waals surface area contributed by atoms with Gasteiger partial charge in [-0.2, -0.15) is 0 Å². The number of hydrogen-bond acceptors (Lipinski definition) is 3. The van der Waals surface area contributed by atoms with E-state index < -0.39 is 6.09 Å². The first kappa shape index (κ1) is 9.98. The fraction of sp³-hybridized carbons (Fsp3) is 0. The van der Waals surface area contributed by atoms with Crippen molar-refractivity contribution in [2.45, 2.75) is 0 Å². The van der Waals surface area contributed by atoms with Gasteiger partial charge in [0.25, 0.3) is 0 Å². The van der Waals surface area contributed by atoms with Gasteiger partial charge in [-0.15, -0.1) is 0 Å². The van der Waals surface area contributed by atoms with Crippen molar-refractivity contribution in [2.24, 2.45) is 5.73 Å². The zero-order valence-electron chi connectivity index (χ0n) is 7.34. The number of carbonyl (C=O) groups is 2. The highest BCUT2D eigenvalue weighted by Crippen LogP contribution is 2.18. The van der Waals surface area contributed by atoms with E-state index in [9.17, 15) is 9.59 Å². The molecule has 1 aromatic carbocycles. The molecule has 14 heavy (non-hydrogen) atoms. The number of aldehydes is 1. The van der Waals surface area contributed by atoms with Gasteiger partial charge in [0.05, 0.1) is 0 Å². The summed E-state index contributed by atoms with van der Waals surface area (Å²) in [6.45, 7) is 0. The molecule has 0 aliphatic rings. The maximum absolute atomic E-state index is 10.5. The largest absolute Gasteiger partial charge is 0.410 e. The minimum absolute atomic E-state index is 0.332. The van der Waals surface area contributed by atoms with E-state index in [2.05, 4.69) is 0 Å². The monoisotopic (exact) mass is 191 g/mol. The first-order valence-electron chi connectivity index (χ1n) is 3.92. The van der Waals surface area contributed by atoms with Crippen molar-refractivity contribution in [1.29, 1.82) is 0 Å². The molecule has 0 bridgehead atoms. The van der Waals surface area contributed by atoms with Gasteiger partial charge in [-0.1, -0.05) is 18.2 Å².